The van der Waals surface area contributed by atoms with Crippen LogP contribution in [0.3, 0.4) is 0 Å². The maximum atomic E-state index is 12.7. The maximum Gasteiger partial charge on any atom is 0.248 e. The highest BCUT2D eigenvalue weighted by Crippen LogP contribution is 2.29. The minimum Gasteiger partial charge on any atom is -0.366 e. The van der Waals surface area contributed by atoms with Crippen molar-refractivity contribution < 1.29 is 13.2 Å². The smallest absolute Gasteiger partial charge is 0.248 e. The van der Waals surface area contributed by atoms with Crippen LogP contribution in [0, 0.1) is 0 Å². The van der Waals surface area contributed by atoms with Gasteiger partial charge in [-0.3, -0.25) is 9.79 Å². The van der Waals surface area contributed by atoms with Crippen LogP contribution in [-0.4, -0.2) is 31.8 Å². The molecule has 5 nitrogen and oxygen atoms in total. The Balaban J connectivity index is 2.17. The summed E-state index contributed by atoms with van der Waals surface area (Å²) in [6.07, 6.45) is 5.97. The lowest BCUT2D eigenvalue weighted by molar-refractivity contribution is -0.114. The molecule has 20 heavy (non-hydrogen) atoms. The van der Waals surface area contributed by atoms with Gasteiger partial charge in [0.25, 0.3) is 0 Å². The van der Waals surface area contributed by atoms with Gasteiger partial charge in [-0.25, -0.2) is 8.42 Å². The zero-order valence-electron chi connectivity index (χ0n) is 10.4. The minimum absolute atomic E-state index is 0.261. The molecule has 2 N–H and O–H groups in total. The van der Waals surface area contributed by atoms with Gasteiger partial charge in [-0.15, -0.1) is 0 Å². The molecule has 6 heteroatoms. The van der Waals surface area contributed by atoms with Crippen LogP contribution in [0.4, 0.5) is 0 Å². The van der Waals surface area contributed by atoms with Crippen molar-refractivity contribution in [3.05, 3.63) is 53.6 Å². The van der Waals surface area contributed by atoms with Gasteiger partial charge in [0, 0.05) is 17.4 Å². The van der Waals surface area contributed by atoms with Gasteiger partial charge in [-0.05, 0) is 12.1 Å². The van der Waals surface area contributed by atoms with Crippen LogP contribution in [0.25, 0.3) is 0 Å². The Morgan fingerprint density at radius 2 is 2.00 bits per heavy atom. The van der Waals surface area contributed by atoms with Crippen molar-refractivity contribution in [2.45, 2.75) is 16.2 Å². The first-order chi connectivity index (χ1) is 9.50. The van der Waals surface area contributed by atoms with Gasteiger partial charge in [0.05, 0.1) is 10.9 Å². The summed E-state index contributed by atoms with van der Waals surface area (Å²) in [5, 5.41) is -0.800. The molecule has 1 amide bonds. The fourth-order valence-electron chi connectivity index (χ4n) is 2.39. The Kier molecular flexibility index (Phi) is 2.83. The number of rotatable bonds is 1. The Labute approximate surface area is 116 Å². The first-order valence-electron chi connectivity index (χ1n) is 6.06. The summed E-state index contributed by atoms with van der Waals surface area (Å²) in [4.78, 5) is 15.7. The van der Waals surface area contributed by atoms with E-state index in [1.54, 1.807) is 24.3 Å². The fraction of sp³-hybridized carbons (Fsp3) is 0.143. The minimum atomic E-state index is -3.54. The molecule has 2 atom stereocenters. The maximum absolute atomic E-state index is 12.7. The number of aliphatic imine (C=N–C) groups is 1. The molecule has 0 radical (unpaired) electrons. The Morgan fingerprint density at radius 3 is 2.75 bits per heavy atom. The molecule has 1 aromatic carbocycles. The third-order valence-corrected chi connectivity index (χ3v) is 5.54. The summed E-state index contributed by atoms with van der Waals surface area (Å²) in [5.41, 5.74) is 6.06. The predicted molar refractivity (Wildman–Crippen MR) is 75.2 cm³/mol. The summed E-state index contributed by atoms with van der Waals surface area (Å²) in [7, 11) is -3.54. The highest BCUT2D eigenvalue weighted by Gasteiger charge is 2.36. The van der Waals surface area contributed by atoms with Gasteiger partial charge < -0.3 is 5.73 Å². The molecule has 1 aliphatic heterocycles. The van der Waals surface area contributed by atoms with E-state index in [2.05, 4.69) is 4.99 Å². The number of hydrogen-bond donors (Lipinski definition) is 1. The number of hydrogen-bond acceptors (Lipinski definition) is 4. The summed E-state index contributed by atoms with van der Waals surface area (Å²) in [5.74, 6) is -0.589. The number of sulfone groups is 1. The molecule has 0 bridgehead atoms. The molecule has 3 rings (SSSR count). The molecule has 1 aliphatic carbocycles. The second kappa shape index (κ2) is 4.42. The average Bonchev–Trinajstić information content (AvgIpc) is 2.55. The third kappa shape index (κ3) is 1.89. The van der Waals surface area contributed by atoms with Gasteiger partial charge in [0.2, 0.25) is 5.91 Å². The number of benzene rings is 1. The Bertz CT molecular complexity index is 775. The van der Waals surface area contributed by atoms with E-state index >= 15 is 0 Å². The predicted octanol–water partition coefficient (Wildman–Crippen LogP) is 0.611. The van der Waals surface area contributed by atoms with Gasteiger partial charge in [-0.2, -0.15) is 0 Å². The molecule has 1 heterocycles. The fourth-order valence-corrected chi connectivity index (χ4v) is 4.20. The van der Waals surface area contributed by atoms with Crippen molar-refractivity contribution in [1.29, 1.82) is 0 Å². The van der Waals surface area contributed by atoms with Crippen LogP contribution in [0.2, 0.25) is 0 Å². The topological polar surface area (TPSA) is 89.6 Å². The second-order valence-corrected chi connectivity index (χ2v) is 6.74. The van der Waals surface area contributed by atoms with E-state index in [1.165, 1.54) is 24.4 Å². The van der Waals surface area contributed by atoms with Crippen molar-refractivity contribution in [2.24, 2.45) is 10.7 Å². The number of carbonyl (C=O) groups excluding carboxylic acids is 1. The van der Waals surface area contributed by atoms with E-state index in [9.17, 15) is 13.2 Å². The van der Waals surface area contributed by atoms with Crippen LogP contribution >= 0.6 is 0 Å². The van der Waals surface area contributed by atoms with Crippen molar-refractivity contribution in [3.8, 4) is 0 Å². The lowest BCUT2D eigenvalue weighted by Gasteiger charge is -2.21. The molecule has 0 aromatic heterocycles. The number of nitrogens with zero attached hydrogens (tertiary/aromatic N) is 1. The van der Waals surface area contributed by atoms with Gasteiger partial charge >= 0.3 is 0 Å². The third-order valence-electron chi connectivity index (χ3n) is 3.41. The summed E-state index contributed by atoms with van der Waals surface area (Å²) in [6, 6.07) is 6.09. The van der Waals surface area contributed by atoms with Crippen molar-refractivity contribution in [3.63, 3.8) is 0 Å². The van der Waals surface area contributed by atoms with Gasteiger partial charge in [0.15, 0.2) is 9.84 Å². The number of carbonyl (C=O) groups is 1. The van der Waals surface area contributed by atoms with Crippen LogP contribution < -0.4 is 5.73 Å². The van der Waals surface area contributed by atoms with Crippen LogP contribution in [0.15, 0.2) is 58.0 Å². The molecule has 1 aromatic rings. The number of fused-ring (bicyclic) bond motifs is 2. The molecule has 2 unspecified atom stereocenters. The normalized spacial score (nSPS) is 26.1. The molecule has 2 aliphatic rings. The SMILES string of the molecule is NC(=O)C1=CC2N=Cc3ccccc3S(=O)(=O)C2C=C1. The Morgan fingerprint density at radius 1 is 1.25 bits per heavy atom. The second-order valence-electron chi connectivity index (χ2n) is 4.66. The molecular formula is C14H12N2O3S. The van der Waals surface area contributed by atoms with Gasteiger partial charge in [0.1, 0.15) is 5.25 Å². The number of amides is 1. The van der Waals surface area contributed by atoms with Crippen molar-refractivity contribution in [2.75, 3.05) is 0 Å². The molecule has 0 saturated heterocycles. The van der Waals surface area contributed by atoms with E-state index in [0.29, 0.717) is 5.56 Å². The lowest BCUT2D eigenvalue weighted by atomic mass is 10.0. The van der Waals surface area contributed by atoms with Crippen LogP contribution in [0.5, 0.6) is 0 Å². The number of primary amides is 1. The first kappa shape index (κ1) is 12.8. The molecule has 102 valence electrons. The highest BCUT2D eigenvalue weighted by atomic mass is 32.2. The van der Waals surface area contributed by atoms with E-state index in [1.807, 2.05) is 0 Å². The van der Waals surface area contributed by atoms with Gasteiger partial charge in [-0.1, -0.05) is 30.4 Å². The summed E-state index contributed by atoms with van der Waals surface area (Å²) < 4.78 is 25.3. The van der Waals surface area contributed by atoms with Crippen LogP contribution in [0.1, 0.15) is 5.56 Å². The Hall–Kier alpha value is -2.21. The lowest BCUT2D eigenvalue weighted by Crippen LogP contribution is -2.32. The first-order valence-corrected chi connectivity index (χ1v) is 7.61. The molecule has 0 spiro atoms. The average molecular weight is 288 g/mol. The summed E-state index contributed by atoms with van der Waals surface area (Å²) >= 11 is 0. The van der Waals surface area contributed by atoms with E-state index in [4.69, 9.17) is 5.73 Å². The summed E-state index contributed by atoms with van der Waals surface area (Å²) in [6.45, 7) is 0. The number of nitrogens with two attached hydrogens (primary N) is 1. The molecular weight excluding hydrogens is 276 g/mol. The van der Waals surface area contributed by atoms with E-state index in [0.717, 1.165) is 0 Å². The largest absolute Gasteiger partial charge is 0.366 e. The standard InChI is InChI=1S/C14H12N2O3S/c15-14(17)9-5-6-13-11(7-9)16-8-10-3-1-2-4-12(10)20(13,18)19/h1-8,11,13H,(H2,15,17). The quantitative estimate of drug-likeness (QED) is 0.821. The van der Waals surface area contributed by atoms with E-state index in [-0.39, 0.29) is 10.5 Å². The zero-order valence-corrected chi connectivity index (χ0v) is 11.2. The monoisotopic (exact) mass is 288 g/mol. The molecule has 0 fully saturated rings. The zero-order chi connectivity index (χ0) is 14.3. The van der Waals surface area contributed by atoms with Crippen molar-refractivity contribution in [1.82, 2.24) is 0 Å². The van der Waals surface area contributed by atoms with Crippen molar-refractivity contribution >= 4 is 22.0 Å². The highest BCUT2D eigenvalue weighted by molar-refractivity contribution is 7.92. The van der Waals surface area contributed by atoms with E-state index < -0.39 is 27.0 Å². The van der Waals surface area contributed by atoms with Crippen LogP contribution in [-0.2, 0) is 14.6 Å². The molecule has 0 saturated carbocycles.